The lowest BCUT2D eigenvalue weighted by atomic mass is 9.81. The first kappa shape index (κ1) is 18.8. The molecular formula is C29H21NO2. The summed E-state index contributed by atoms with van der Waals surface area (Å²) >= 11 is 0. The Labute approximate surface area is 186 Å². The molecule has 3 nitrogen and oxygen atoms in total. The van der Waals surface area contributed by atoms with Crippen molar-refractivity contribution in [2.45, 2.75) is 19.3 Å². The van der Waals surface area contributed by atoms with Gasteiger partial charge in [0.05, 0.1) is 15.9 Å². The van der Waals surface area contributed by atoms with Crippen LogP contribution in [0.2, 0.25) is 0 Å². The number of nitro groups is 1. The lowest BCUT2D eigenvalue weighted by Gasteiger charge is -2.22. The maximum atomic E-state index is 12.1. The largest absolute Gasteiger partial charge is 0.284 e. The van der Waals surface area contributed by atoms with Crippen molar-refractivity contribution in [2.75, 3.05) is 0 Å². The third-order valence-electron chi connectivity index (χ3n) is 6.94. The second-order valence-electron chi connectivity index (χ2n) is 9.07. The third kappa shape index (κ3) is 2.54. The molecule has 5 aromatic rings. The fourth-order valence-electron chi connectivity index (χ4n) is 5.27. The van der Waals surface area contributed by atoms with E-state index in [4.69, 9.17) is 0 Å². The van der Waals surface area contributed by atoms with Crippen molar-refractivity contribution in [3.63, 3.8) is 0 Å². The molecule has 0 aromatic heterocycles. The van der Waals surface area contributed by atoms with Gasteiger partial charge in [0.1, 0.15) is 0 Å². The highest BCUT2D eigenvalue weighted by atomic mass is 16.6. The van der Waals surface area contributed by atoms with Gasteiger partial charge in [0.25, 0.3) is 5.69 Å². The smallest absolute Gasteiger partial charge is 0.258 e. The molecule has 0 unspecified atom stereocenters. The van der Waals surface area contributed by atoms with E-state index in [2.05, 4.69) is 62.4 Å². The number of fused-ring (bicyclic) bond motifs is 5. The van der Waals surface area contributed by atoms with Gasteiger partial charge in [-0.05, 0) is 74.3 Å². The third-order valence-corrected chi connectivity index (χ3v) is 6.94. The number of rotatable bonds is 2. The van der Waals surface area contributed by atoms with Crippen LogP contribution in [0, 0.1) is 10.1 Å². The van der Waals surface area contributed by atoms with Crippen molar-refractivity contribution >= 4 is 27.2 Å². The minimum Gasteiger partial charge on any atom is -0.258 e. The van der Waals surface area contributed by atoms with Crippen LogP contribution in [0.4, 0.5) is 5.69 Å². The van der Waals surface area contributed by atoms with Gasteiger partial charge < -0.3 is 0 Å². The molecule has 0 fully saturated rings. The van der Waals surface area contributed by atoms with Gasteiger partial charge in [0.15, 0.2) is 0 Å². The predicted molar refractivity (Wildman–Crippen MR) is 131 cm³/mol. The molecule has 0 heterocycles. The van der Waals surface area contributed by atoms with Crippen LogP contribution in [-0.4, -0.2) is 4.92 Å². The van der Waals surface area contributed by atoms with Gasteiger partial charge >= 0.3 is 0 Å². The minimum atomic E-state index is -0.252. The molecule has 0 saturated carbocycles. The van der Waals surface area contributed by atoms with Gasteiger partial charge in [-0.25, -0.2) is 0 Å². The standard InChI is InChI=1S/C29H21NO2/c1-29(2)26-17-21(23-13-11-18-7-5-6-10-22(18)28(23)30(31)32)12-14-24(26)25-15-19-8-3-4-9-20(19)16-27(25)29/h3-17H,1-2H3. The maximum Gasteiger partial charge on any atom is 0.284 e. The monoisotopic (exact) mass is 415 g/mol. The number of nitrogens with zero attached hydrogens (tertiary/aromatic N) is 1. The fraction of sp³-hybridized carbons (Fsp3) is 0.103. The highest BCUT2D eigenvalue weighted by Gasteiger charge is 2.36. The number of hydrogen-bond acceptors (Lipinski definition) is 2. The van der Waals surface area contributed by atoms with E-state index in [9.17, 15) is 10.1 Å². The van der Waals surface area contributed by atoms with E-state index in [-0.39, 0.29) is 16.0 Å². The van der Waals surface area contributed by atoms with Gasteiger partial charge in [-0.1, -0.05) is 74.5 Å². The van der Waals surface area contributed by atoms with E-state index in [1.807, 2.05) is 42.5 Å². The summed E-state index contributed by atoms with van der Waals surface area (Å²) in [5.74, 6) is 0. The highest BCUT2D eigenvalue weighted by Crippen LogP contribution is 2.51. The molecule has 1 aliphatic rings. The predicted octanol–water partition coefficient (Wildman–Crippen LogP) is 7.87. The van der Waals surface area contributed by atoms with E-state index in [1.165, 1.54) is 33.0 Å². The van der Waals surface area contributed by atoms with E-state index in [0.29, 0.717) is 10.9 Å². The Bertz CT molecular complexity index is 1580. The van der Waals surface area contributed by atoms with E-state index >= 15 is 0 Å². The minimum absolute atomic E-state index is 0.169. The molecule has 3 heteroatoms. The van der Waals surface area contributed by atoms with Gasteiger partial charge in [0.2, 0.25) is 0 Å². The zero-order chi connectivity index (χ0) is 22.0. The first-order chi connectivity index (χ1) is 15.4. The molecule has 1 aliphatic carbocycles. The summed E-state index contributed by atoms with van der Waals surface area (Å²) < 4.78 is 0. The van der Waals surface area contributed by atoms with Gasteiger partial charge in [0, 0.05) is 5.41 Å². The van der Waals surface area contributed by atoms with Crippen LogP contribution in [0.1, 0.15) is 25.0 Å². The summed E-state index contributed by atoms with van der Waals surface area (Å²) in [5.41, 5.74) is 6.50. The Kier molecular flexibility index (Phi) is 3.82. The molecule has 0 radical (unpaired) electrons. The van der Waals surface area contributed by atoms with Crippen molar-refractivity contribution in [3.05, 3.63) is 112 Å². The van der Waals surface area contributed by atoms with Gasteiger partial charge in [-0.15, -0.1) is 0 Å². The zero-order valence-electron chi connectivity index (χ0n) is 17.9. The summed E-state index contributed by atoms with van der Waals surface area (Å²) in [6, 6.07) is 30.7. The Morgan fingerprint density at radius 1 is 0.656 bits per heavy atom. The fourth-order valence-corrected chi connectivity index (χ4v) is 5.27. The molecule has 0 bridgehead atoms. The molecule has 0 spiro atoms. The zero-order valence-corrected chi connectivity index (χ0v) is 17.9. The average molecular weight is 415 g/mol. The molecule has 154 valence electrons. The summed E-state index contributed by atoms with van der Waals surface area (Å²) in [4.78, 5) is 11.8. The summed E-state index contributed by atoms with van der Waals surface area (Å²) in [5, 5.41) is 16.1. The Balaban J connectivity index is 1.59. The molecule has 0 atom stereocenters. The number of nitro benzene ring substituents is 1. The normalized spacial score (nSPS) is 13.8. The maximum absolute atomic E-state index is 12.1. The van der Waals surface area contributed by atoms with E-state index < -0.39 is 0 Å². The van der Waals surface area contributed by atoms with Crippen molar-refractivity contribution < 1.29 is 4.92 Å². The molecule has 0 aliphatic heterocycles. The molecule has 6 rings (SSSR count). The number of benzene rings is 5. The van der Waals surface area contributed by atoms with Crippen LogP contribution in [-0.2, 0) is 5.41 Å². The lowest BCUT2D eigenvalue weighted by molar-refractivity contribution is -0.382. The van der Waals surface area contributed by atoms with E-state index in [0.717, 1.165) is 10.9 Å². The first-order valence-corrected chi connectivity index (χ1v) is 10.8. The molecule has 5 aromatic carbocycles. The van der Waals surface area contributed by atoms with Crippen molar-refractivity contribution in [3.8, 4) is 22.3 Å². The summed E-state index contributed by atoms with van der Waals surface area (Å²) in [6.07, 6.45) is 0. The van der Waals surface area contributed by atoms with Crippen LogP contribution < -0.4 is 0 Å². The topological polar surface area (TPSA) is 43.1 Å². The SMILES string of the molecule is CC1(C)c2cc(-c3ccc4ccccc4c3[N+](=O)[O-])ccc2-c2cc3ccccc3cc21. The van der Waals surface area contributed by atoms with Crippen LogP contribution >= 0.6 is 0 Å². The molecule has 32 heavy (non-hydrogen) atoms. The van der Waals surface area contributed by atoms with Crippen molar-refractivity contribution in [1.29, 1.82) is 0 Å². The second kappa shape index (κ2) is 6.51. The molecular weight excluding hydrogens is 394 g/mol. The van der Waals surface area contributed by atoms with Crippen LogP contribution in [0.5, 0.6) is 0 Å². The van der Waals surface area contributed by atoms with Crippen LogP contribution in [0.3, 0.4) is 0 Å². The lowest BCUT2D eigenvalue weighted by Crippen LogP contribution is -2.15. The Hall–Kier alpha value is -3.98. The Morgan fingerprint density at radius 3 is 2.03 bits per heavy atom. The van der Waals surface area contributed by atoms with Gasteiger partial charge in [-0.2, -0.15) is 0 Å². The van der Waals surface area contributed by atoms with E-state index in [1.54, 1.807) is 0 Å². The molecule has 0 amide bonds. The first-order valence-electron chi connectivity index (χ1n) is 10.8. The molecule has 0 saturated heterocycles. The number of hydrogen-bond donors (Lipinski definition) is 0. The van der Waals surface area contributed by atoms with Gasteiger partial charge in [-0.3, -0.25) is 10.1 Å². The molecule has 0 N–H and O–H groups in total. The van der Waals surface area contributed by atoms with Crippen LogP contribution in [0.25, 0.3) is 43.8 Å². The summed E-state index contributed by atoms with van der Waals surface area (Å²) in [7, 11) is 0. The van der Waals surface area contributed by atoms with Crippen molar-refractivity contribution in [2.24, 2.45) is 0 Å². The summed E-state index contributed by atoms with van der Waals surface area (Å²) in [6.45, 7) is 4.48. The quantitative estimate of drug-likeness (QED) is 0.217. The Morgan fingerprint density at radius 2 is 1.28 bits per heavy atom. The second-order valence-corrected chi connectivity index (χ2v) is 9.07. The van der Waals surface area contributed by atoms with Crippen molar-refractivity contribution in [1.82, 2.24) is 0 Å². The highest BCUT2D eigenvalue weighted by molar-refractivity contribution is 5.99. The van der Waals surface area contributed by atoms with Crippen LogP contribution in [0.15, 0.2) is 91.0 Å². The average Bonchev–Trinajstić information content (AvgIpc) is 3.02.